The van der Waals surface area contributed by atoms with Crippen LogP contribution in [0.4, 0.5) is 5.69 Å². The highest BCUT2D eigenvalue weighted by Crippen LogP contribution is 2.24. The van der Waals surface area contributed by atoms with E-state index in [1.54, 1.807) is 4.90 Å². The van der Waals surface area contributed by atoms with E-state index < -0.39 is 0 Å². The monoisotopic (exact) mass is 303 g/mol. The fourth-order valence-electron chi connectivity index (χ4n) is 2.45. The molecule has 1 atom stereocenters. The molecule has 0 spiro atoms. The van der Waals surface area contributed by atoms with Gasteiger partial charge in [-0.3, -0.25) is 14.4 Å². The van der Waals surface area contributed by atoms with Crippen LogP contribution in [0.2, 0.25) is 0 Å². The van der Waals surface area contributed by atoms with Crippen LogP contribution in [-0.2, 0) is 14.4 Å². The third-order valence-electron chi connectivity index (χ3n) is 3.59. The minimum absolute atomic E-state index is 0.0235. The van der Waals surface area contributed by atoms with Crippen molar-refractivity contribution in [1.82, 2.24) is 10.6 Å². The smallest absolute Gasteiger partial charge is 0.227 e. The van der Waals surface area contributed by atoms with Crippen molar-refractivity contribution in [3.8, 4) is 0 Å². The quantitative estimate of drug-likeness (QED) is 0.759. The molecule has 1 fully saturated rings. The molecule has 1 saturated heterocycles. The highest BCUT2D eigenvalue weighted by Gasteiger charge is 2.34. The summed E-state index contributed by atoms with van der Waals surface area (Å²) in [5.74, 6) is -0.515. The molecule has 0 saturated carbocycles. The molecule has 6 nitrogen and oxygen atoms in total. The molecule has 2 N–H and O–H groups in total. The average molecular weight is 303 g/mol. The zero-order chi connectivity index (χ0) is 15.9. The second-order valence-electron chi connectivity index (χ2n) is 5.37. The van der Waals surface area contributed by atoms with Crippen LogP contribution in [0.5, 0.6) is 0 Å². The number of carbonyl (C=O) groups excluding carboxylic acids is 3. The first kappa shape index (κ1) is 16.0. The van der Waals surface area contributed by atoms with Crippen molar-refractivity contribution in [2.24, 2.45) is 5.92 Å². The molecule has 0 bridgehead atoms. The maximum absolute atomic E-state index is 12.1. The molecular formula is C16H21N3O3. The number of hydrogen-bond donors (Lipinski definition) is 2. The van der Waals surface area contributed by atoms with Gasteiger partial charge in [0.1, 0.15) is 0 Å². The van der Waals surface area contributed by atoms with Crippen molar-refractivity contribution in [2.75, 3.05) is 24.5 Å². The van der Waals surface area contributed by atoms with Gasteiger partial charge in [-0.2, -0.15) is 0 Å². The summed E-state index contributed by atoms with van der Waals surface area (Å²) in [6.45, 7) is 2.91. The molecule has 1 aliphatic heterocycles. The molecule has 118 valence electrons. The number of anilines is 1. The maximum Gasteiger partial charge on any atom is 0.227 e. The minimum atomic E-state index is -0.312. The molecule has 22 heavy (non-hydrogen) atoms. The lowest BCUT2D eigenvalue weighted by molar-refractivity contribution is -0.126. The summed E-state index contributed by atoms with van der Waals surface area (Å²) < 4.78 is 0. The summed E-state index contributed by atoms with van der Waals surface area (Å²) in [7, 11) is 0. The molecule has 1 aromatic carbocycles. The molecule has 1 aromatic rings. The molecule has 1 unspecified atom stereocenters. The molecule has 0 aliphatic carbocycles. The van der Waals surface area contributed by atoms with Gasteiger partial charge < -0.3 is 15.5 Å². The van der Waals surface area contributed by atoms with Crippen molar-refractivity contribution >= 4 is 23.4 Å². The van der Waals surface area contributed by atoms with Gasteiger partial charge in [0.05, 0.1) is 5.92 Å². The Balaban J connectivity index is 1.78. The van der Waals surface area contributed by atoms with E-state index in [0.717, 1.165) is 5.69 Å². The van der Waals surface area contributed by atoms with E-state index in [1.807, 2.05) is 30.3 Å². The highest BCUT2D eigenvalue weighted by molar-refractivity contribution is 6.00. The molecule has 0 radical (unpaired) electrons. The van der Waals surface area contributed by atoms with Crippen molar-refractivity contribution in [2.45, 2.75) is 19.8 Å². The van der Waals surface area contributed by atoms with Gasteiger partial charge in [-0.1, -0.05) is 18.2 Å². The van der Waals surface area contributed by atoms with Gasteiger partial charge in [0.15, 0.2) is 0 Å². The SMILES string of the molecule is CC(=O)NCCCNC(=O)C1CC(=O)N(c2ccccc2)C1. The maximum atomic E-state index is 12.1. The topological polar surface area (TPSA) is 78.5 Å². The van der Waals surface area contributed by atoms with Crippen molar-refractivity contribution < 1.29 is 14.4 Å². The third-order valence-corrected chi connectivity index (χ3v) is 3.59. The largest absolute Gasteiger partial charge is 0.356 e. The standard InChI is InChI=1S/C16H21N3O3/c1-12(20)17-8-5-9-18-16(22)13-10-15(21)19(11-13)14-6-3-2-4-7-14/h2-4,6-7,13H,5,8-11H2,1H3,(H,17,20)(H,18,22). The van der Waals surface area contributed by atoms with Crippen LogP contribution in [0.25, 0.3) is 0 Å². The van der Waals surface area contributed by atoms with Crippen molar-refractivity contribution in [3.63, 3.8) is 0 Å². The summed E-state index contributed by atoms with van der Waals surface area (Å²) in [4.78, 5) is 36.5. The number of nitrogens with one attached hydrogen (secondary N) is 2. The van der Waals surface area contributed by atoms with Gasteiger partial charge in [0.25, 0.3) is 0 Å². The fourth-order valence-corrected chi connectivity index (χ4v) is 2.45. The second-order valence-corrected chi connectivity index (χ2v) is 5.37. The third kappa shape index (κ3) is 4.31. The Kier molecular flexibility index (Phi) is 5.52. The van der Waals surface area contributed by atoms with Crippen LogP contribution in [0.3, 0.4) is 0 Å². The van der Waals surface area contributed by atoms with E-state index in [-0.39, 0.29) is 30.1 Å². The molecule has 0 aromatic heterocycles. The van der Waals surface area contributed by atoms with Crippen LogP contribution in [0.1, 0.15) is 19.8 Å². The molecule has 3 amide bonds. The van der Waals surface area contributed by atoms with E-state index in [0.29, 0.717) is 26.1 Å². The zero-order valence-electron chi connectivity index (χ0n) is 12.7. The molecule has 6 heteroatoms. The summed E-state index contributed by atoms with van der Waals surface area (Å²) in [5, 5.41) is 5.49. The number of benzene rings is 1. The lowest BCUT2D eigenvalue weighted by atomic mass is 10.1. The predicted octanol–water partition coefficient (Wildman–Crippen LogP) is 0.682. The number of nitrogens with zero attached hydrogens (tertiary/aromatic N) is 1. The van der Waals surface area contributed by atoms with Gasteiger partial charge in [-0.25, -0.2) is 0 Å². The number of rotatable bonds is 6. The minimum Gasteiger partial charge on any atom is -0.356 e. The summed E-state index contributed by atoms with van der Waals surface area (Å²) in [6, 6.07) is 9.37. The fraction of sp³-hybridized carbons (Fsp3) is 0.438. The lowest BCUT2D eigenvalue weighted by Crippen LogP contribution is -2.34. The second kappa shape index (κ2) is 7.59. The van der Waals surface area contributed by atoms with E-state index in [4.69, 9.17) is 0 Å². The Bertz CT molecular complexity index is 545. The number of carbonyl (C=O) groups is 3. The predicted molar refractivity (Wildman–Crippen MR) is 83.2 cm³/mol. The molecular weight excluding hydrogens is 282 g/mol. The van der Waals surface area contributed by atoms with E-state index in [9.17, 15) is 14.4 Å². The molecule has 1 heterocycles. The van der Waals surface area contributed by atoms with Gasteiger partial charge in [0, 0.05) is 38.7 Å². The number of hydrogen-bond acceptors (Lipinski definition) is 3. The summed E-state index contributed by atoms with van der Waals surface area (Å²) in [5.41, 5.74) is 0.827. The first-order chi connectivity index (χ1) is 10.6. The van der Waals surface area contributed by atoms with E-state index in [2.05, 4.69) is 10.6 Å². The van der Waals surface area contributed by atoms with Crippen LogP contribution in [0.15, 0.2) is 30.3 Å². The van der Waals surface area contributed by atoms with Crippen LogP contribution in [0, 0.1) is 5.92 Å². The normalized spacial score (nSPS) is 17.4. The zero-order valence-corrected chi connectivity index (χ0v) is 12.7. The Hall–Kier alpha value is -2.37. The number of para-hydroxylation sites is 1. The van der Waals surface area contributed by atoms with Crippen molar-refractivity contribution in [3.05, 3.63) is 30.3 Å². The van der Waals surface area contributed by atoms with E-state index in [1.165, 1.54) is 6.92 Å². The summed E-state index contributed by atoms with van der Waals surface area (Å²) in [6.07, 6.45) is 0.917. The van der Waals surface area contributed by atoms with Gasteiger partial charge in [-0.05, 0) is 18.6 Å². The van der Waals surface area contributed by atoms with Crippen LogP contribution in [-0.4, -0.2) is 37.4 Å². The highest BCUT2D eigenvalue weighted by atomic mass is 16.2. The Morgan fingerprint density at radius 2 is 1.86 bits per heavy atom. The Labute approximate surface area is 129 Å². The Morgan fingerprint density at radius 1 is 1.18 bits per heavy atom. The average Bonchev–Trinajstić information content (AvgIpc) is 2.89. The van der Waals surface area contributed by atoms with Gasteiger partial charge >= 0.3 is 0 Å². The van der Waals surface area contributed by atoms with E-state index >= 15 is 0 Å². The van der Waals surface area contributed by atoms with Gasteiger partial charge in [-0.15, -0.1) is 0 Å². The summed E-state index contributed by atoms with van der Waals surface area (Å²) >= 11 is 0. The van der Waals surface area contributed by atoms with Crippen molar-refractivity contribution in [1.29, 1.82) is 0 Å². The number of amides is 3. The van der Waals surface area contributed by atoms with Crippen LogP contribution < -0.4 is 15.5 Å². The molecule has 2 rings (SSSR count). The first-order valence-corrected chi connectivity index (χ1v) is 7.45. The van der Waals surface area contributed by atoms with Crippen LogP contribution >= 0.6 is 0 Å². The molecule has 1 aliphatic rings. The first-order valence-electron chi connectivity index (χ1n) is 7.45. The Morgan fingerprint density at radius 3 is 2.55 bits per heavy atom. The van der Waals surface area contributed by atoms with Gasteiger partial charge in [0.2, 0.25) is 17.7 Å². The lowest BCUT2D eigenvalue weighted by Gasteiger charge is -2.16.